The minimum absolute atomic E-state index is 0.189. The van der Waals surface area contributed by atoms with Crippen LogP contribution in [0.25, 0.3) is 0 Å². The molecular formula is C17H18ClN5O3S2. The standard InChI is InChI=1S/C17H18ClN5O3S2/c1-9-14(10(2)26-22-9)15(24)23(3)7-11-8-27-17(20-11)21-16(25)19-6-12-4-5-13(18)28-12/h4-5,8H,6-7H2,1-3H3,(H2,19,20,21,25). The average Bonchev–Trinajstić information content (AvgIpc) is 3.34. The third-order valence-electron chi connectivity index (χ3n) is 3.82. The van der Waals surface area contributed by atoms with Crippen molar-refractivity contribution in [3.8, 4) is 0 Å². The molecule has 3 amide bonds. The third kappa shape index (κ3) is 4.89. The van der Waals surface area contributed by atoms with Crippen LogP contribution in [0.1, 0.15) is 32.4 Å². The fourth-order valence-corrected chi connectivity index (χ4v) is 4.21. The smallest absolute Gasteiger partial charge is 0.321 e. The van der Waals surface area contributed by atoms with Crippen molar-refractivity contribution in [1.82, 2.24) is 20.4 Å². The van der Waals surface area contributed by atoms with Crippen LogP contribution in [0.4, 0.5) is 9.93 Å². The Bertz CT molecular complexity index is 977. The number of thiazole rings is 1. The molecule has 0 aliphatic rings. The molecule has 0 radical (unpaired) electrons. The second-order valence-corrected chi connectivity index (χ2v) is 8.68. The number of thiophene rings is 1. The fourth-order valence-electron chi connectivity index (χ4n) is 2.49. The molecule has 3 aromatic rings. The number of hydrogen-bond donors (Lipinski definition) is 2. The normalized spacial score (nSPS) is 10.7. The summed E-state index contributed by atoms with van der Waals surface area (Å²) in [6.07, 6.45) is 0. The van der Waals surface area contributed by atoms with Gasteiger partial charge in [-0.1, -0.05) is 16.8 Å². The summed E-state index contributed by atoms with van der Waals surface area (Å²) in [5.74, 6) is 0.296. The molecule has 28 heavy (non-hydrogen) atoms. The summed E-state index contributed by atoms with van der Waals surface area (Å²) in [7, 11) is 1.68. The van der Waals surface area contributed by atoms with Crippen LogP contribution >= 0.6 is 34.3 Å². The fraction of sp³-hybridized carbons (Fsp3) is 0.294. The van der Waals surface area contributed by atoms with Crippen LogP contribution in [0.3, 0.4) is 0 Å². The van der Waals surface area contributed by atoms with E-state index in [4.69, 9.17) is 16.1 Å². The lowest BCUT2D eigenvalue weighted by Crippen LogP contribution is -2.28. The van der Waals surface area contributed by atoms with E-state index in [1.165, 1.54) is 27.6 Å². The number of hydrogen-bond acceptors (Lipinski definition) is 7. The Kier molecular flexibility index (Phi) is 6.32. The minimum Gasteiger partial charge on any atom is -0.361 e. The van der Waals surface area contributed by atoms with Gasteiger partial charge in [-0.15, -0.1) is 22.7 Å². The van der Waals surface area contributed by atoms with E-state index in [-0.39, 0.29) is 11.9 Å². The number of nitrogens with zero attached hydrogens (tertiary/aromatic N) is 3. The predicted octanol–water partition coefficient (Wildman–Crippen LogP) is 4.06. The van der Waals surface area contributed by atoms with Gasteiger partial charge in [-0.3, -0.25) is 10.1 Å². The van der Waals surface area contributed by atoms with Crippen molar-refractivity contribution in [2.24, 2.45) is 0 Å². The predicted molar refractivity (Wildman–Crippen MR) is 109 cm³/mol. The van der Waals surface area contributed by atoms with Crippen LogP contribution in [0.5, 0.6) is 0 Å². The molecule has 0 fully saturated rings. The minimum atomic E-state index is -0.356. The number of halogens is 1. The number of aryl methyl sites for hydroxylation is 2. The van der Waals surface area contributed by atoms with Crippen molar-refractivity contribution >= 4 is 51.3 Å². The van der Waals surface area contributed by atoms with Crippen LogP contribution in [0.2, 0.25) is 4.34 Å². The zero-order valence-electron chi connectivity index (χ0n) is 15.4. The van der Waals surface area contributed by atoms with E-state index in [9.17, 15) is 9.59 Å². The summed E-state index contributed by atoms with van der Waals surface area (Å²) in [4.78, 5) is 31.4. The molecule has 0 bridgehead atoms. The molecule has 0 aromatic carbocycles. The van der Waals surface area contributed by atoms with Crippen LogP contribution in [0.15, 0.2) is 22.0 Å². The Labute approximate surface area is 174 Å². The first kappa shape index (κ1) is 20.3. The molecule has 3 heterocycles. The van der Waals surface area contributed by atoms with Crippen molar-refractivity contribution in [3.63, 3.8) is 0 Å². The SMILES string of the molecule is Cc1noc(C)c1C(=O)N(C)Cc1csc(NC(=O)NCc2ccc(Cl)s2)n1. The zero-order chi connectivity index (χ0) is 20.3. The Hall–Kier alpha value is -2.43. The van der Waals surface area contributed by atoms with E-state index < -0.39 is 0 Å². The van der Waals surface area contributed by atoms with Gasteiger partial charge in [-0.2, -0.15) is 0 Å². The third-order valence-corrected chi connectivity index (χ3v) is 5.86. The van der Waals surface area contributed by atoms with Crippen molar-refractivity contribution in [1.29, 1.82) is 0 Å². The molecule has 0 saturated heterocycles. The first-order valence-electron chi connectivity index (χ1n) is 8.25. The lowest BCUT2D eigenvalue weighted by atomic mass is 10.2. The van der Waals surface area contributed by atoms with Crippen LogP contribution in [-0.2, 0) is 13.1 Å². The second-order valence-electron chi connectivity index (χ2n) is 6.02. The van der Waals surface area contributed by atoms with Gasteiger partial charge in [-0.25, -0.2) is 9.78 Å². The van der Waals surface area contributed by atoms with E-state index in [1.54, 1.807) is 32.3 Å². The summed E-state index contributed by atoms with van der Waals surface area (Å²) in [5, 5.41) is 11.5. The van der Waals surface area contributed by atoms with E-state index in [0.29, 0.717) is 45.3 Å². The van der Waals surface area contributed by atoms with Crippen molar-refractivity contribution in [2.75, 3.05) is 12.4 Å². The second kappa shape index (κ2) is 8.72. The van der Waals surface area contributed by atoms with Crippen molar-refractivity contribution < 1.29 is 14.1 Å². The number of rotatable bonds is 6. The highest BCUT2D eigenvalue weighted by Crippen LogP contribution is 2.21. The van der Waals surface area contributed by atoms with Gasteiger partial charge >= 0.3 is 6.03 Å². The van der Waals surface area contributed by atoms with Gasteiger partial charge < -0.3 is 14.7 Å². The molecule has 0 saturated carbocycles. The van der Waals surface area contributed by atoms with Crippen LogP contribution < -0.4 is 10.6 Å². The van der Waals surface area contributed by atoms with Gasteiger partial charge in [0.05, 0.1) is 28.8 Å². The quantitative estimate of drug-likeness (QED) is 0.603. The highest BCUT2D eigenvalue weighted by atomic mass is 35.5. The molecule has 148 valence electrons. The van der Waals surface area contributed by atoms with E-state index in [0.717, 1.165) is 4.88 Å². The Morgan fingerprint density at radius 3 is 2.75 bits per heavy atom. The molecule has 3 aromatic heterocycles. The number of amides is 3. The molecular weight excluding hydrogens is 422 g/mol. The highest BCUT2D eigenvalue weighted by molar-refractivity contribution is 7.16. The summed E-state index contributed by atoms with van der Waals surface area (Å²) in [6.45, 7) is 4.12. The lowest BCUT2D eigenvalue weighted by Gasteiger charge is -2.15. The average molecular weight is 440 g/mol. The van der Waals surface area contributed by atoms with Crippen molar-refractivity contribution in [3.05, 3.63) is 49.4 Å². The Morgan fingerprint density at radius 1 is 1.32 bits per heavy atom. The van der Waals surface area contributed by atoms with Gasteiger partial charge in [-0.05, 0) is 26.0 Å². The van der Waals surface area contributed by atoms with E-state index >= 15 is 0 Å². The number of urea groups is 1. The number of carbonyl (C=O) groups is 2. The summed E-state index contributed by atoms with van der Waals surface area (Å²) >= 11 is 8.57. The molecule has 0 spiro atoms. The number of carbonyl (C=O) groups excluding carboxylic acids is 2. The molecule has 8 nitrogen and oxygen atoms in total. The molecule has 0 aliphatic carbocycles. The van der Waals surface area contributed by atoms with Gasteiger partial charge in [0.2, 0.25) is 0 Å². The Morgan fingerprint density at radius 2 is 2.11 bits per heavy atom. The monoisotopic (exact) mass is 439 g/mol. The Balaban J connectivity index is 1.53. The lowest BCUT2D eigenvalue weighted by molar-refractivity contribution is 0.0781. The van der Waals surface area contributed by atoms with Gasteiger partial charge in [0.1, 0.15) is 11.3 Å². The first-order chi connectivity index (χ1) is 13.3. The van der Waals surface area contributed by atoms with Gasteiger partial charge in [0.15, 0.2) is 5.13 Å². The number of nitrogens with one attached hydrogen (secondary N) is 2. The van der Waals surface area contributed by atoms with Gasteiger partial charge in [0, 0.05) is 17.3 Å². The molecule has 0 aliphatic heterocycles. The highest BCUT2D eigenvalue weighted by Gasteiger charge is 2.21. The van der Waals surface area contributed by atoms with Crippen LogP contribution in [0, 0.1) is 13.8 Å². The zero-order valence-corrected chi connectivity index (χ0v) is 17.8. The van der Waals surface area contributed by atoms with Gasteiger partial charge in [0.25, 0.3) is 5.91 Å². The maximum absolute atomic E-state index is 12.6. The van der Waals surface area contributed by atoms with E-state index in [1.807, 2.05) is 6.07 Å². The van der Waals surface area contributed by atoms with Crippen LogP contribution in [-0.4, -0.2) is 34.0 Å². The molecule has 2 N–H and O–H groups in total. The maximum atomic E-state index is 12.6. The molecule has 3 rings (SSSR count). The molecule has 0 atom stereocenters. The number of anilines is 1. The first-order valence-corrected chi connectivity index (χ1v) is 10.3. The number of aromatic nitrogens is 2. The summed E-state index contributed by atoms with van der Waals surface area (Å²) in [6, 6.07) is 3.29. The largest absolute Gasteiger partial charge is 0.361 e. The summed E-state index contributed by atoms with van der Waals surface area (Å²) < 4.78 is 5.73. The maximum Gasteiger partial charge on any atom is 0.321 e. The molecule has 11 heteroatoms. The topological polar surface area (TPSA) is 100 Å². The molecule has 0 unspecified atom stereocenters. The van der Waals surface area contributed by atoms with Crippen molar-refractivity contribution in [2.45, 2.75) is 26.9 Å². The summed E-state index contributed by atoms with van der Waals surface area (Å²) in [5.41, 5.74) is 1.69. The van der Waals surface area contributed by atoms with E-state index in [2.05, 4.69) is 20.8 Å².